The maximum Gasteiger partial charge on any atom is 0.159 e. The Morgan fingerprint density at radius 1 is 0.862 bits per heavy atom. The molecule has 0 aliphatic carbocycles. The summed E-state index contributed by atoms with van der Waals surface area (Å²) in [5, 5.41) is 3.54. The average Bonchev–Trinajstić information content (AvgIpc) is 3.25. The molecule has 6 heteroatoms. The van der Waals surface area contributed by atoms with Crippen LogP contribution in [-0.4, -0.2) is 37.1 Å². The van der Waals surface area contributed by atoms with E-state index in [1.165, 1.54) is 25.0 Å². The van der Waals surface area contributed by atoms with E-state index >= 15 is 0 Å². The van der Waals surface area contributed by atoms with Gasteiger partial charge in [-0.15, -0.1) is 0 Å². The number of piperidine rings is 1. The molecule has 0 bridgehead atoms. The third kappa shape index (κ3) is 4.93. The zero-order valence-electron chi connectivity index (χ0n) is 16.6. The molecular weight excluding hydrogens is 375 g/mol. The second kappa shape index (κ2) is 9.18. The largest absolute Gasteiger partial charge is 0.371 e. The summed E-state index contributed by atoms with van der Waals surface area (Å²) < 4.78 is 41.0. The van der Waals surface area contributed by atoms with Crippen molar-refractivity contribution in [3.63, 3.8) is 0 Å². The van der Waals surface area contributed by atoms with E-state index < -0.39 is 11.6 Å². The summed E-state index contributed by atoms with van der Waals surface area (Å²) in [6.45, 7) is 4.92. The highest BCUT2D eigenvalue weighted by Crippen LogP contribution is 2.27. The van der Waals surface area contributed by atoms with Crippen molar-refractivity contribution in [1.82, 2.24) is 10.2 Å². The maximum atomic E-state index is 14.5. The standard InChI is InChI=1S/C23H28F3N3/c24-20-4-3-5-23(29-10-1-2-11-29)19(20)15-27-18-8-12-28(13-9-18)16-17-6-7-21(25)22(26)14-17/h3-7,14,18,27H,1-2,8-13,15-16H2. The number of halogens is 3. The fourth-order valence-corrected chi connectivity index (χ4v) is 4.41. The maximum absolute atomic E-state index is 14.5. The summed E-state index contributed by atoms with van der Waals surface area (Å²) in [5.41, 5.74) is 2.57. The number of likely N-dealkylation sites (tertiary alicyclic amines) is 1. The number of nitrogens with one attached hydrogen (secondary N) is 1. The van der Waals surface area contributed by atoms with Crippen molar-refractivity contribution >= 4 is 5.69 Å². The van der Waals surface area contributed by atoms with Crippen molar-refractivity contribution in [1.29, 1.82) is 0 Å². The number of hydrogen-bond donors (Lipinski definition) is 1. The van der Waals surface area contributed by atoms with Crippen molar-refractivity contribution in [2.45, 2.75) is 44.8 Å². The smallest absolute Gasteiger partial charge is 0.159 e. The van der Waals surface area contributed by atoms with Crippen LogP contribution in [0.3, 0.4) is 0 Å². The van der Waals surface area contributed by atoms with Crippen molar-refractivity contribution in [3.8, 4) is 0 Å². The molecule has 0 unspecified atom stereocenters. The SMILES string of the molecule is Fc1ccc(CN2CCC(NCc3c(F)cccc3N3CCCC3)CC2)cc1F. The quantitative estimate of drug-likeness (QED) is 0.768. The second-order valence-electron chi connectivity index (χ2n) is 8.11. The Balaban J connectivity index is 1.30. The van der Waals surface area contributed by atoms with E-state index in [4.69, 9.17) is 0 Å². The van der Waals surface area contributed by atoms with E-state index in [2.05, 4.69) is 15.1 Å². The summed E-state index contributed by atoms with van der Waals surface area (Å²) in [4.78, 5) is 4.54. The lowest BCUT2D eigenvalue weighted by molar-refractivity contribution is 0.189. The molecule has 0 spiro atoms. The minimum atomic E-state index is -0.807. The van der Waals surface area contributed by atoms with Crippen molar-refractivity contribution in [3.05, 3.63) is 65.0 Å². The molecule has 2 aliphatic heterocycles. The van der Waals surface area contributed by atoms with Gasteiger partial charge in [0.15, 0.2) is 11.6 Å². The van der Waals surface area contributed by atoms with Gasteiger partial charge < -0.3 is 10.2 Å². The van der Waals surface area contributed by atoms with Crippen LogP contribution < -0.4 is 10.2 Å². The molecule has 29 heavy (non-hydrogen) atoms. The normalized spacial score (nSPS) is 18.5. The molecule has 0 amide bonds. The van der Waals surface area contributed by atoms with Gasteiger partial charge in [-0.1, -0.05) is 12.1 Å². The van der Waals surface area contributed by atoms with Crippen LogP contribution in [0, 0.1) is 17.5 Å². The molecule has 0 saturated carbocycles. The molecule has 0 radical (unpaired) electrons. The number of anilines is 1. The Bertz CT molecular complexity index is 828. The molecule has 0 atom stereocenters. The van der Waals surface area contributed by atoms with E-state index in [1.54, 1.807) is 18.2 Å². The van der Waals surface area contributed by atoms with E-state index in [9.17, 15) is 13.2 Å². The zero-order chi connectivity index (χ0) is 20.2. The first-order valence-electron chi connectivity index (χ1n) is 10.5. The van der Waals surface area contributed by atoms with Gasteiger partial charge in [0.2, 0.25) is 0 Å². The van der Waals surface area contributed by atoms with Gasteiger partial charge in [-0.2, -0.15) is 0 Å². The zero-order valence-corrected chi connectivity index (χ0v) is 16.6. The monoisotopic (exact) mass is 403 g/mol. The molecule has 1 N–H and O–H groups in total. The number of hydrogen-bond acceptors (Lipinski definition) is 3. The third-order valence-corrected chi connectivity index (χ3v) is 6.09. The van der Waals surface area contributed by atoms with Gasteiger partial charge in [0.1, 0.15) is 5.82 Å². The minimum Gasteiger partial charge on any atom is -0.371 e. The topological polar surface area (TPSA) is 18.5 Å². The molecular formula is C23H28F3N3. The molecule has 2 aromatic carbocycles. The Labute approximate surface area is 170 Å². The van der Waals surface area contributed by atoms with Crippen molar-refractivity contribution in [2.24, 2.45) is 0 Å². The van der Waals surface area contributed by atoms with E-state index in [0.29, 0.717) is 19.1 Å². The van der Waals surface area contributed by atoms with Crippen molar-refractivity contribution < 1.29 is 13.2 Å². The predicted molar refractivity (Wildman–Crippen MR) is 109 cm³/mol. The van der Waals surface area contributed by atoms with Crippen LogP contribution in [0.1, 0.15) is 36.8 Å². The fraction of sp³-hybridized carbons (Fsp3) is 0.478. The molecule has 2 fully saturated rings. The average molecular weight is 403 g/mol. The van der Waals surface area contributed by atoms with Gasteiger partial charge in [0.05, 0.1) is 0 Å². The lowest BCUT2D eigenvalue weighted by Crippen LogP contribution is -2.42. The molecule has 2 heterocycles. The van der Waals surface area contributed by atoms with Crippen LogP contribution in [0.25, 0.3) is 0 Å². The molecule has 2 aromatic rings. The summed E-state index contributed by atoms with van der Waals surface area (Å²) in [6.07, 6.45) is 4.24. The number of rotatable bonds is 6. The van der Waals surface area contributed by atoms with Crippen LogP contribution in [0.2, 0.25) is 0 Å². The highest BCUT2D eigenvalue weighted by atomic mass is 19.2. The summed E-state index contributed by atoms with van der Waals surface area (Å²) in [6, 6.07) is 9.80. The van der Waals surface area contributed by atoms with Gasteiger partial charge in [-0.3, -0.25) is 4.90 Å². The second-order valence-corrected chi connectivity index (χ2v) is 8.11. The van der Waals surface area contributed by atoms with Gasteiger partial charge in [0.25, 0.3) is 0 Å². The van der Waals surface area contributed by atoms with Crippen LogP contribution in [0.15, 0.2) is 36.4 Å². The summed E-state index contributed by atoms with van der Waals surface area (Å²) >= 11 is 0. The van der Waals surface area contributed by atoms with Crippen LogP contribution in [-0.2, 0) is 13.1 Å². The molecule has 4 rings (SSSR count). The van der Waals surface area contributed by atoms with Gasteiger partial charge >= 0.3 is 0 Å². The first-order chi connectivity index (χ1) is 14.1. The van der Waals surface area contributed by atoms with E-state index in [1.807, 2.05) is 6.07 Å². The van der Waals surface area contributed by atoms with E-state index in [0.717, 1.165) is 55.8 Å². The fourth-order valence-electron chi connectivity index (χ4n) is 4.41. The highest BCUT2D eigenvalue weighted by Gasteiger charge is 2.22. The first kappa shape index (κ1) is 20.2. The Kier molecular flexibility index (Phi) is 6.40. The van der Waals surface area contributed by atoms with Crippen LogP contribution >= 0.6 is 0 Å². The number of benzene rings is 2. The Hall–Kier alpha value is -2.05. The number of nitrogens with zero attached hydrogens (tertiary/aromatic N) is 2. The van der Waals surface area contributed by atoms with Crippen LogP contribution in [0.4, 0.5) is 18.9 Å². The van der Waals surface area contributed by atoms with E-state index in [-0.39, 0.29) is 5.82 Å². The Morgan fingerprint density at radius 2 is 1.62 bits per heavy atom. The lowest BCUT2D eigenvalue weighted by Gasteiger charge is -2.33. The molecule has 156 valence electrons. The molecule has 2 aliphatic rings. The minimum absolute atomic E-state index is 0.141. The third-order valence-electron chi connectivity index (χ3n) is 6.09. The molecule has 3 nitrogen and oxygen atoms in total. The van der Waals surface area contributed by atoms with Gasteiger partial charge in [-0.25, -0.2) is 13.2 Å². The van der Waals surface area contributed by atoms with Crippen LogP contribution in [0.5, 0.6) is 0 Å². The highest BCUT2D eigenvalue weighted by molar-refractivity contribution is 5.54. The molecule has 2 saturated heterocycles. The first-order valence-corrected chi connectivity index (χ1v) is 10.5. The lowest BCUT2D eigenvalue weighted by atomic mass is 10.0. The molecule has 0 aromatic heterocycles. The Morgan fingerprint density at radius 3 is 2.34 bits per heavy atom. The predicted octanol–water partition coefficient (Wildman–Crippen LogP) is 4.46. The van der Waals surface area contributed by atoms with Crippen molar-refractivity contribution in [2.75, 3.05) is 31.1 Å². The van der Waals surface area contributed by atoms with Gasteiger partial charge in [-0.05, 0) is 68.6 Å². The summed E-state index contributed by atoms with van der Waals surface area (Å²) in [7, 11) is 0. The van der Waals surface area contributed by atoms with Gasteiger partial charge in [0, 0.05) is 43.5 Å². The summed E-state index contributed by atoms with van der Waals surface area (Å²) in [5.74, 6) is -1.74.